The molecule has 0 bridgehead atoms. The van der Waals surface area contributed by atoms with E-state index in [2.05, 4.69) is 19.1 Å². The third-order valence-electron chi connectivity index (χ3n) is 5.70. The van der Waals surface area contributed by atoms with Crippen LogP contribution in [0.3, 0.4) is 0 Å². The normalized spacial score (nSPS) is 18.5. The van der Waals surface area contributed by atoms with Crippen molar-refractivity contribution in [2.45, 2.75) is 45.4 Å². The number of benzene rings is 2. The molecule has 4 nitrogen and oxygen atoms in total. The summed E-state index contributed by atoms with van der Waals surface area (Å²) in [5.41, 5.74) is 0.451. The maximum absolute atomic E-state index is 13.9. The highest BCUT2D eigenvalue weighted by Crippen LogP contribution is 2.32. The third-order valence-corrected chi connectivity index (χ3v) is 5.70. The predicted octanol–water partition coefficient (Wildman–Crippen LogP) is 6.46. The predicted molar refractivity (Wildman–Crippen MR) is 118 cm³/mol. The van der Waals surface area contributed by atoms with E-state index in [4.69, 9.17) is 14.7 Å². The molecule has 5 heteroatoms. The highest BCUT2D eigenvalue weighted by atomic mass is 19.1. The smallest absolute Gasteiger partial charge is 0.343 e. The Morgan fingerprint density at radius 1 is 1.16 bits per heavy atom. The van der Waals surface area contributed by atoms with E-state index in [1.54, 1.807) is 24.3 Å². The van der Waals surface area contributed by atoms with Gasteiger partial charge in [-0.15, -0.1) is 0 Å². The molecule has 2 aromatic rings. The van der Waals surface area contributed by atoms with E-state index in [9.17, 15) is 9.18 Å². The molecule has 1 aliphatic carbocycles. The van der Waals surface area contributed by atoms with E-state index in [0.717, 1.165) is 12.0 Å². The summed E-state index contributed by atoms with van der Waals surface area (Å²) in [6.07, 6.45) is 12.1. The summed E-state index contributed by atoms with van der Waals surface area (Å²) in [4.78, 5) is 12.2. The molecule has 0 saturated heterocycles. The summed E-state index contributed by atoms with van der Waals surface area (Å²) in [6, 6.07) is 12.1. The number of halogens is 1. The summed E-state index contributed by atoms with van der Waals surface area (Å²) >= 11 is 0. The second-order valence-electron chi connectivity index (χ2n) is 7.98. The summed E-state index contributed by atoms with van der Waals surface area (Å²) < 4.78 is 24.7. The van der Waals surface area contributed by atoms with E-state index < -0.39 is 11.8 Å². The van der Waals surface area contributed by atoms with Gasteiger partial charge in [0.15, 0.2) is 11.6 Å². The number of carbonyl (C=O) groups is 1. The first kappa shape index (κ1) is 22.6. The lowest BCUT2D eigenvalue weighted by molar-refractivity contribution is 0.0728. The van der Waals surface area contributed by atoms with Crippen LogP contribution in [-0.4, -0.2) is 12.6 Å². The van der Waals surface area contributed by atoms with Gasteiger partial charge >= 0.3 is 5.97 Å². The molecule has 0 radical (unpaired) electrons. The van der Waals surface area contributed by atoms with E-state index in [1.807, 2.05) is 6.07 Å². The lowest BCUT2D eigenvalue weighted by Crippen LogP contribution is -2.13. The zero-order valence-corrected chi connectivity index (χ0v) is 17.9. The molecule has 1 saturated carbocycles. The molecule has 31 heavy (non-hydrogen) atoms. The van der Waals surface area contributed by atoms with Crippen molar-refractivity contribution in [3.8, 4) is 17.6 Å². The molecule has 0 atom stereocenters. The minimum absolute atomic E-state index is 0.164. The van der Waals surface area contributed by atoms with Gasteiger partial charge in [0.05, 0.1) is 17.2 Å². The van der Waals surface area contributed by atoms with E-state index >= 15 is 0 Å². The van der Waals surface area contributed by atoms with Crippen LogP contribution < -0.4 is 9.47 Å². The Morgan fingerprint density at radius 3 is 2.55 bits per heavy atom. The molecule has 0 amide bonds. The quantitative estimate of drug-likeness (QED) is 0.279. The molecule has 0 spiro atoms. The molecule has 2 aromatic carbocycles. The van der Waals surface area contributed by atoms with Gasteiger partial charge in [-0.2, -0.15) is 5.26 Å². The Morgan fingerprint density at radius 2 is 1.90 bits per heavy atom. The summed E-state index contributed by atoms with van der Waals surface area (Å²) in [5, 5.41) is 8.77. The van der Waals surface area contributed by atoms with Crippen molar-refractivity contribution >= 4 is 5.97 Å². The number of rotatable bonds is 8. The molecule has 0 unspecified atom stereocenters. The Hall–Kier alpha value is -3.13. The van der Waals surface area contributed by atoms with Crippen LogP contribution in [0, 0.1) is 29.0 Å². The SMILES string of the molecule is CCC[C@H]1CC[C@H](/C=C/COc2ccc(C(=O)Oc3ccc(C#N)cc3F)cc2)CC1. The molecule has 3 rings (SSSR count). The van der Waals surface area contributed by atoms with Crippen LogP contribution in [0.2, 0.25) is 0 Å². The molecule has 0 aromatic heterocycles. The molecule has 1 aliphatic rings. The molecule has 0 heterocycles. The second kappa shape index (κ2) is 11.3. The maximum Gasteiger partial charge on any atom is 0.343 e. The van der Waals surface area contributed by atoms with E-state index in [-0.39, 0.29) is 16.9 Å². The van der Waals surface area contributed by atoms with Crippen molar-refractivity contribution in [3.05, 3.63) is 71.6 Å². The largest absolute Gasteiger partial charge is 0.490 e. The molecule has 1 fully saturated rings. The van der Waals surface area contributed by atoms with E-state index in [1.165, 1.54) is 50.7 Å². The fourth-order valence-electron chi connectivity index (χ4n) is 3.97. The van der Waals surface area contributed by atoms with Crippen LogP contribution >= 0.6 is 0 Å². The highest BCUT2D eigenvalue weighted by Gasteiger charge is 2.18. The Kier molecular flexibility index (Phi) is 8.23. The van der Waals surface area contributed by atoms with Gasteiger partial charge in [-0.1, -0.05) is 31.9 Å². The number of carbonyl (C=O) groups excluding carboxylic acids is 1. The van der Waals surface area contributed by atoms with Crippen molar-refractivity contribution in [2.24, 2.45) is 11.8 Å². The van der Waals surface area contributed by atoms with Gasteiger partial charge in [-0.25, -0.2) is 9.18 Å². The van der Waals surface area contributed by atoms with Crippen molar-refractivity contribution in [2.75, 3.05) is 6.61 Å². The van der Waals surface area contributed by atoms with Gasteiger partial charge in [-0.3, -0.25) is 0 Å². The molecule has 0 N–H and O–H groups in total. The van der Waals surface area contributed by atoms with Crippen molar-refractivity contribution < 1.29 is 18.7 Å². The number of ether oxygens (including phenoxy) is 2. The number of nitrogens with zero attached hydrogens (tertiary/aromatic N) is 1. The first-order chi connectivity index (χ1) is 15.1. The fraction of sp³-hybridized carbons (Fsp3) is 0.385. The zero-order chi connectivity index (χ0) is 22.1. The van der Waals surface area contributed by atoms with Gasteiger partial charge < -0.3 is 9.47 Å². The standard InChI is InChI=1S/C26H28FNO3/c1-2-4-19-6-8-20(9-7-19)5-3-16-30-23-13-11-22(12-14-23)26(29)31-25-15-10-21(18-28)17-24(25)27/h3,5,10-15,17,19-20H,2,4,6-9,16H2,1H3/b5-3+/t19-,20-. The fourth-order valence-corrected chi connectivity index (χ4v) is 3.97. The van der Waals surface area contributed by atoms with Crippen molar-refractivity contribution in [3.63, 3.8) is 0 Å². The average Bonchev–Trinajstić information content (AvgIpc) is 2.79. The minimum atomic E-state index is -0.752. The van der Waals surface area contributed by atoms with Crippen LogP contribution in [-0.2, 0) is 0 Å². The number of allylic oxidation sites excluding steroid dienone is 1. The van der Waals surface area contributed by atoms with Gasteiger partial charge in [0, 0.05) is 0 Å². The van der Waals surface area contributed by atoms with Crippen LogP contribution in [0.25, 0.3) is 0 Å². The molecular formula is C26H28FNO3. The number of hydrogen-bond donors (Lipinski definition) is 0. The minimum Gasteiger partial charge on any atom is -0.490 e. The van der Waals surface area contributed by atoms with Crippen LogP contribution in [0.15, 0.2) is 54.6 Å². The first-order valence-electron chi connectivity index (χ1n) is 10.9. The monoisotopic (exact) mass is 421 g/mol. The average molecular weight is 422 g/mol. The van der Waals surface area contributed by atoms with Crippen LogP contribution in [0.5, 0.6) is 11.5 Å². The Bertz CT molecular complexity index is 938. The summed E-state index contributed by atoms with van der Waals surface area (Å²) in [7, 11) is 0. The zero-order valence-electron chi connectivity index (χ0n) is 17.9. The second-order valence-corrected chi connectivity index (χ2v) is 7.98. The van der Waals surface area contributed by atoms with E-state index in [0.29, 0.717) is 18.3 Å². The summed E-state index contributed by atoms with van der Waals surface area (Å²) in [6.45, 7) is 2.74. The van der Waals surface area contributed by atoms with Gasteiger partial charge in [0.2, 0.25) is 0 Å². The number of esters is 1. The van der Waals surface area contributed by atoms with Gasteiger partial charge in [0.1, 0.15) is 12.4 Å². The first-order valence-corrected chi connectivity index (χ1v) is 10.9. The number of hydrogen-bond acceptors (Lipinski definition) is 4. The van der Waals surface area contributed by atoms with Gasteiger partial charge in [-0.05, 0) is 80.0 Å². The van der Waals surface area contributed by atoms with Crippen LogP contribution in [0.4, 0.5) is 4.39 Å². The summed E-state index contributed by atoms with van der Waals surface area (Å²) in [5.74, 6) is 0.573. The lowest BCUT2D eigenvalue weighted by atomic mass is 9.80. The maximum atomic E-state index is 13.9. The lowest BCUT2D eigenvalue weighted by Gasteiger charge is -2.26. The Balaban J connectivity index is 1.45. The molecular weight excluding hydrogens is 393 g/mol. The van der Waals surface area contributed by atoms with Gasteiger partial charge in [0.25, 0.3) is 0 Å². The topological polar surface area (TPSA) is 59.3 Å². The van der Waals surface area contributed by atoms with Crippen molar-refractivity contribution in [1.29, 1.82) is 5.26 Å². The highest BCUT2D eigenvalue weighted by molar-refractivity contribution is 5.91. The third kappa shape index (κ3) is 6.68. The molecule has 162 valence electrons. The number of nitriles is 1. The van der Waals surface area contributed by atoms with Crippen LogP contribution in [0.1, 0.15) is 61.4 Å². The Labute approximate surface area is 183 Å². The molecule has 0 aliphatic heterocycles. The van der Waals surface area contributed by atoms with Crippen molar-refractivity contribution in [1.82, 2.24) is 0 Å².